The molecule has 0 saturated carbocycles. The van der Waals surface area contributed by atoms with E-state index >= 15 is 0 Å². The summed E-state index contributed by atoms with van der Waals surface area (Å²) in [4.78, 5) is 11.0. The van der Waals surface area contributed by atoms with E-state index in [0.717, 1.165) is 5.69 Å². The van der Waals surface area contributed by atoms with Gasteiger partial charge < -0.3 is 5.32 Å². The second-order valence-electron chi connectivity index (χ2n) is 3.74. The van der Waals surface area contributed by atoms with Crippen LogP contribution in [0.4, 0.5) is 10.2 Å². The van der Waals surface area contributed by atoms with Crippen molar-refractivity contribution in [3.63, 3.8) is 0 Å². The lowest BCUT2D eigenvalue weighted by Crippen LogP contribution is -2.10. The summed E-state index contributed by atoms with van der Waals surface area (Å²) in [7, 11) is 0. The van der Waals surface area contributed by atoms with Gasteiger partial charge in [-0.15, -0.1) is 0 Å². The van der Waals surface area contributed by atoms with E-state index < -0.39 is 0 Å². The molecule has 1 aromatic heterocycles. The molecule has 1 aromatic carbocycles. The Bertz CT molecular complexity index is 545. The summed E-state index contributed by atoms with van der Waals surface area (Å²) < 4.78 is 14.4. The maximum atomic E-state index is 12.8. The Hall–Kier alpha value is -2.17. The van der Waals surface area contributed by atoms with Gasteiger partial charge in [0.1, 0.15) is 11.6 Å². The summed E-state index contributed by atoms with van der Waals surface area (Å²) in [6, 6.07) is 7.67. The van der Waals surface area contributed by atoms with E-state index in [4.69, 9.17) is 0 Å². The molecule has 2 rings (SSSR count). The average Bonchev–Trinajstić information content (AvgIpc) is 2.59. The maximum absolute atomic E-state index is 12.8. The van der Waals surface area contributed by atoms with Crippen molar-refractivity contribution in [2.24, 2.45) is 0 Å². The van der Waals surface area contributed by atoms with Crippen LogP contribution in [-0.2, 0) is 4.79 Å². The Labute approximate surface area is 98.1 Å². The summed E-state index contributed by atoms with van der Waals surface area (Å²) in [6.07, 6.45) is 0. The molecule has 88 valence electrons. The molecule has 4 nitrogen and oxygen atoms in total. The predicted molar refractivity (Wildman–Crippen MR) is 62.6 cm³/mol. The number of benzene rings is 1. The summed E-state index contributed by atoms with van der Waals surface area (Å²) in [5.41, 5.74) is 1.47. The Kier molecular flexibility index (Phi) is 2.91. The number of aryl methyl sites for hydroxylation is 1. The van der Waals surface area contributed by atoms with Crippen molar-refractivity contribution in [2.45, 2.75) is 13.8 Å². The minimum absolute atomic E-state index is 0.173. The Balaban J connectivity index is 2.43. The van der Waals surface area contributed by atoms with Gasteiger partial charge in [0.05, 0.1) is 11.4 Å². The van der Waals surface area contributed by atoms with Crippen LogP contribution in [0.1, 0.15) is 12.6 Å². The molecule has 0 aliphatic heterocycles. The van der Waals surface area contributed by atoms with Crippen molar-refractivity contribution >= 4 is 11.7 Å². The molecule has 1 N–H and O–H groups in total. The third-order valence-electron chi connectivity index (χ3n) is 2.21. The molecule has 0 aliphatic carbocycles. The summed E-state index contributed by atoms with van der Waals surface area (Å²) in [6.45, 7) is 3.25. The molecule has 0 spiro atoms. The Morgan fingerprint density at radius 1 is 1.35 bits per heavy atom. The van der Waals surface area contributed by atoms with Crippen molar-refractivity contribution in [3.05, 3.63) is 41.8 Å². The first-order valence-corrected chi connectivity index (χ1v) is 5.16. The van der Waals surface area contributed by atoms with Crippen molar-refractivity contribution in [1.82, 2.24) is 9.78 Å². The van der Waals surface area contributed by atoms with Gasteiger partial charge in [0, 0.05) is 13.0 Å². The van der Waals surface area contributed by atoms with E-state index in [2.05, 4.69) is 10.4 Å². The first-order chi connectivity index (χ1) is 8.06. The van der Waals surface area contributed by atoms with Crippen LogP contribution in [0.2, 0.25) is 0 Å². The maximum Gasteiger partial charge on any atom is 0.222 e. The fourth-order valence-corrected chi connectivity index (χ4v) is 1.55. The van der Waals surface area contributed by atoms with Gasteiger partial charge in [-0.25, -0.2) is 9.07 Å². The molecule has 1 heterocycles. The smallest absolute Gasteiger partial charge is 0.222 e. The van der Waals surface area contributed by atoms with Crippen LogP contribution in [0.15, 0.2) is 30.3 Å². The monoisotopic (exact) mass is 233 g/mol. The molecule has 0 fully saturated rings. The first-order valence-electron chi connectivity index (χ1n) is 5.16. The lowest BCUT2D eigenvalue weighted by atomic mass is 10.3. The number of nitrogens with one attached hydrogen (secondary N) is 1. The number of hydrogen-bond donors (Lipinski definition) is 1. The standard InChI is InChI=1S/C12H12FN3O/c1-8-7-12(14-9(2)17)16(15-8)11-5-3-10(13)4-6-11/h3-7H,1-2H3,(H,14,17). The first kappa shape index (κ1) is 11.3. The van der Waals surface area contributed by atoms with Gasteiger partial charge in [0.15, 0.2) is 0 Å². The van der Waals surface area contributed by atoms with E-state index in [-0.39, 0.29) is 11.7 Å². The SMILES string of the molecule is CC(=O)Nc1cc(C)nn1-c1ccc(F)cc1. The zero-order chi connectivity index (χ0) is 12.4. The van der Waals surface area contributed by atoms with Crippen molar-refractivity contribution in [2.75, 3.05) is 5.32 Å². The summed E-state index contributed by atoms with van der Waals surface area (Å²) in [5, 5.41) is 6.92. The zero-order valence-corrected chi connectivity index (χ0v) is 9.57. The van der Waals surface area contributed by atoms with Gasteiger partial charge in [0.25, 0.3) is 0 Å². The number of aromatic nitrogens is 2. The number of amides is 1. The molecular weight excluding hydrogens is 221 g/mol. The normalized spacial score (nSPS) is 10.3. The number of carbonyl (C=O) groups is 1. The van der Waals surface area contributed by atoms with E-state index in [9.17, 15) is 9.18 Å². The highest BCUT2D eigenvalue weighted by molar-refractivity contribution is 5.88. The molecule has 0 bridgehead atoms. The van der Waals surface area contributed by atoms with Gasteiger partial charge in [-0.05, 0) is 31.2 Å². The second-order valence-corrected chi connectivity index (χ2v) is 3.74. The van der Waals surface area contributed by atoms with Crippen molar-refractivity contribution in [3.8, 4) is 5.69 Å². The third kappa shape index (κ3) is 2.50. The second kappa shape index (κ2) is 4.37. The number of hydrogen-bond acceptors (Lipinski definition) is 2. The molecule has 0 saturated heterocycles. The van der Waals surface area contributed by atoms with Gasteiger partial charge in [-0.1, -0.05) is 0 Å². The van der Waals surface area contributed by atoms with Gasteiger partial charge >= 0.3 is 0 Å². The van der Waals surface area contributed by atoms with Crippen molar-refractivity contribution < 1.29 is 9.18 Å². The summed E-state index contributed by atoms with van der Waals surface area (Å²) >= 11 is 0. The topological polar surface area (TPSA) is 46.9 Å². The van der Waals surface area contributed by atoms with Gasteiger partial charge in [-0.2, -0.15) is 5.10 Å². The third-order valence-corrected chi connectivity index (χ3v) is 2.21. The van der Waals surface area contributed by atoms with Crippen LogP contribution in [0.25, 0.3) is 5.69 Å². The van der Waals surface area contributed by atoms with Gasteiger partial charge in [-0.3, -0.25) is 4.79 Å². The van der Waals surface area contributed by atoms with E-state index in [0.29, 0.717) is 11.5 Å². The van der Waals surface area contributed by atoms with E-state index in [1.807, 2.05) is 6.92 Å². The quantitative estimate of drug-likeness (QED) is 0.865. The van der Waals surface area contributed by atoms with Crippen LogP contribution >= 0.6 is 0 Å². The molecule has 0 radical (unpaired) electrons. The van der Waals surface area contributed by atoms with Gasteiger partial charge in [0.2, 0.25) is 5.91 Å². The molecule has 5 heteroatoms. The van der Waals surface area contributed by atoms with Crippen LogP contribution < -0.4 is 5.32 Å². The summed E-state index contributed by atoms with van der Waals surface area (Å²) in [5.74, 6) is 0.0913. The van der Waals surface area contributed by atoms with Crippen LogP contribution in [0, 0.1) is 12.7 Å². The van der Waals surface area contributed by atoms with Crippen molar-refractivity contribution in [1.29, 1.82) is 0 Å². The fourth-order valence-electron chi connectivity index (χ4n) is 1.55. The van der Waals surface area contributed by atoms with Crippen LogP contribution in [0.5, 0.6) is 0 Å². The lowest BCUT2D eigenvalue weighted by Gasteiger charge is -2.07. The number of rotatable bonds is 2. The Morgan fingerprint density at radius 2 is 2.00 bits per heavy atom. The number of anilines is 1. The largest absolute Gasteiger partial charge is 0.311 e. The molecule has 1 amide bonds. The highest BCUT2D eigenvalue weighted by Gasteiger charge is 2.08. The predicted octanol–water partition coefficient (Wildman–Crippen LogP) is 2.28. The van der Waals surface area contributed by atoms with Crippen LogP contribution in [-0.4, -0.2) is 15.7 Å². The minimum Gasteiger partial charge on any atom is -0.311 e. The van der Waals surface area contributed by atoms with Crippen LogP contribution in [0.3, 0.4) is 0 Å². The number of nitrogens with zero attached hydrogens (tertiary/aromatic N) is 2. The molecule has 0 unspecified atom stereocenters. The highest BCUT2D eigenvalue weighted by atomic mass is 19.1. The fraction of sp³-hybridized carbons (Fsp3) is 0.167. The highest BCUT2D eigenvalue weighted by Crippen LogP contribution is 2.17. The van der Waals surface area contributed by atoms with E-state index in [1.54, 1.807) is 22.9 Å². The zero-order valence-electron chi connectivity index (χ0n) is 9.57. The molecule has 17 heavy (non-hydrogen) atoms. The number of halogens is 1. The van der Waals surface area contributed by atoms with E-state index in [1.165, 1.54) is 19.1 Å². The number of carbonyl (C=O) groups excluding carboxylic acids is 1. The molecule has 0 atom stereocenters. The molecule has 2 aromatic rings. The molecular formula is C12H12FN3O. The molecule has 0 aliphatic rings. The Morgan fingerprint density at radius 3 is 2.59 bits per heavy atom. The average molecular weight is 233 g/mol. The lowest BCUT2D eigenvalue weighted by molar-refractivity contribution is -0.114. The minimum atomic E-state index is -0.307.